The van der Waals surface area contributed by atoms with Gasteiger partial charge in [-0.3, -0.25) is 9.59 Å². The fraction of sp³-hybridized carbons (Fsp3) is 0.444. The molecule has 3 atom stereocenters. The molecule has 2 aromatic rings. The van der Waals surface area contributed by atoms with E-state index in [1.807, 2.05) is 20.8 Å². The number of amides is 4. The van der Waals surface area contributed by atoms with Crippen molar-refractivity contribution in [3.63, 3.8) is 0 Å². The van der Waals surface area contributed by atoms with E-state index in [9.17, 15) is 18.8 Å². The molecule has 37 heavy (non-hydrogen) atoms. The summed E-state index contributed by atoms with van der Waals surface area (Å²) in [4.78, 5) is 42.0. The number of nitrogens with one attached hydrogen (secondary N) is 2. The van der Waals surface area contributed by atoms with E-state index in [0.717, 1.165) is 0 Å². The molecular formula is C27H35FN4O5. The molecule has 1 aliphatic heterocycles. The van der Waals surface area contributed by atoms with Gasteiger partial charge in [-0.15, -0.1) is 0 Å². The van der Waals surface area contributed by atoms with E-state index in [-0.39, 0.29) is 42.0 Å². The number of ether oxygens (including phenoxy) is 2. The van der Waals surface area contributed by atoms with Crippen LogP contribution in [0.4, 0.5) is 20.6 Å². The number of fused-ring (bicyclic) bond motifs is 1. The summed E-state index contributed by atoms with van der Waals surface area (Å²) in [6, 6.07) is 9.47. The molecule has 2 N–H and O–H groups in total. The van der Waals surface area contributed by atoms with Crippen LogP contribution in [0.15, 0.2) is 42.5 Å². The molecule has 200 valence electrons. The Bertz CT molecular complexity index is 1130. The first-order chi connectivity index (χ1) is 17.6. The number of urea groups is 1. The highest BCUT2D eigenvalue weighted by Crippen LogP contribution is 2.27. The highest BCUT2D eigenvalue weighted by atomic mass is 19.1. The molecular weight excluding hydrogens is 479 g/mol. The Morgan fingerprint density at radius 2 is 1.81 bits per heavy atom. The van der Waals surface area contributed by atoms with Crippen LogP contribution in [0.2, 0.25) is 0 Å². The summed E-state index contributed by atoms with van der Waals surface area (Å²) in [6.45, 7) is 6.70. The largest absolute Gasteiger partial charge is 0.491 e. The number of nitrogens with zero attached hydrogens (tertiary/aromatic N) is 2. The highest BCUT2D eigenvalue weighted by molar-refractivity contribution is 6.02. The molecule has 0 radical (unpaired) electrons. The van der Waals surface area contributed by atoms with Gasteiger partial charge in [-0.1, -0.05) is 19.9 Å². The maximum Gasteiger partial charge on any atom is 0.323 e. The van der Waals surface area contributed by atoms with Crippen LogP contribution >= 0.6 is 0 Å². The van der Waals surface area contributed by atoms with Crippen molar-refractivity contribution in [2.45, 2.75) is 39.3 Å². The van der Waals surface area contributed by atoms with E-state index in [2.05, 4.69) is 10.6 Å². The van der Waals surface area contributed by atoms with Gasteiger partial charge in [0.15, 0.2) is 0 Å². The molecule has 0 spiro atoms. The van der Waals surface area contributed by atoms with Crippen LogP contribution in [-0.2, 0) is 9.53 Å². The second kappa shape index (κ2) is 12.5. The molecule has 0 fully saturated rings. The molecule has 0 unspecified atom stereocenters. The Hall–Kier alpha value is -3.66. The number of hydrogen-bond donors (Lipinski definition) is 2. The lowest BCUT2D eigenvalue weighted by molar-refractivity contribution is -0.135. The zero-order valence-corrected chi connectivity index (χ0v) is 21.9. The van der Waals surface area contributed by atoms with Crippen molar-refractivity contribution in [1.82, 2.24) is 9.80 Å². The summed E-state index contributed by atoms with van der Waals surface area (Å²) in [5.74, 6) is -0.445. The molecule has 0 aliphatic carbocycles. The van der Waals surface area contributed by atoms with Crippen molar-refractivity contribution in [3.05, 3.63) is 53.8 Å². The van der Waals surface area contributed by atoms with Gasteiger partial charge >= 0.3 is 6.03 Å². The van der Waals surface area contributed by atoms with Crippen LogP contribution < -0.4 is 15.4 Å². The zero-order valence-electron chi connectivity index (χ0n) is 21.9. The van der Waals surface area contributed by atoms with Crippen molar-refractivity contribution in [2.75, 3.05) is 44.5 Å². The van der Waals surface area contributed by atoms with Gasteiger partial charge in [0.25, 0.3) is 5.91 Å². The first kappa shape index (κ1) is 27.9. The van der Waals surface area contributed by atoms with Gasteiger partial charge in [0.05, 0.1) is 17.7 Å². The summed E-state index contributed by atoms with van der Waals surface area (Å²) in [5, 5.41) is 5.23. The number of rotatable bonds is 4. The lowest BCUT2D eigenvalue weighted by Crippen LogP contribution is -2.48. The Morgan fingerprint density at radius 3 is 2.46 bits per heavy atom. The van der Waals surface area contributed by atoms with Gasteiger partial charge in [0, 0.05) is 51.0 Å². The average Bonchev–Trinajstić information content (AvgIpc) is 2.87. The molecule has 0 aromatic heterocycles. The molecule has 0 saturated carbocycles. The van der Waals surface area contributed by atoms with Gasteiger partial charge in [0.1, 0.15) is 18.2 Å². The van der Waals surface area contributed by atoms with Crippen molar-refractivity contribution in [3.8, 4) is 5.75 Å². The number of carbonyl (C=O) groups excluding carboxylic acids is 3. The maximum absolute atomic E-state index is 13.4. The van der Waals surface area contributed by atoms with E-state index >= 15 is 0 Å². The zero-order chi connectivity index (χ0) is 27.1. The second-order valence-electron chi connectivity index (χ2n) is 9.30. The molecule has 4 amide bonds. The second-order valence-corrected chi connectivity index (χ2v) is 9.30. The topological polar surface area (TPSA) is 100 Å². The maximum atomic E-state index is 13.4. The van der Waals surface area contributed by atoms with Crippen molar-refractivity contribution >= 4 is 29.2 Å². The quantitative estimate of drug-likeness (QED) is 0.637. The Kier molecular flexibility index (Phi) is 9.46. The fourth-order valence-corrected chi connectivity index (χ4v) is 4.26. The molecule has 2 aromatic carbocycles. The predicted octanol–water partition coefficient (Wildman–Crippen LogP) is 4.21. The minimum absolute atomic E-state index is 0.0170. The van der Waals surface area contributed by atoms with Gasteiger partial charge in [-0.25, -0.2) is 9.18 Å². The molecule has 9 nitrogen and oxygen atoms in total. The Labute approximate surface area is 216 Å². The van der Waals surface area contributed by atoms with E-state index in [4.69, 9.17) is 9.47 Å². The number of halogens is 1. The van der Waals surface area contributed by atoms with Crippen molar-refractivity contribution in [1.29, 1.82) is 0 Å². The summed E-state index contributed by atoms with van der Waals surface area (Å²) in [7, 11) is 3.27. The number of carbonyl (C=O) groups is 3. The summed E-state index contributed by atoms with van der Waals surface area (Å²) in [5.41, 5.74) is 0.912. The van der Waals surface area contributed by atoms with Crippen LogP contribution in [0.1, 0.15) is 37.6 Å². The summed E-state index contributed by atoms with van der Waals surface area (Å²) in [6.07, 6.45) is 0.0756. The van der Waals surface area contributed by atoms with Gasteiger partial charge in [-0.05, 0) is 43.3 Å². The Morgan fingerprint density at radius 1 is 1.11 bits per heavy atom. The van der Waals surface area contributed by atoms with Crippen LogP contribution in [0, 0.1) is 11.7 Å². The van der Waals surface area contributed by atoms with Gasteiger partial charge < -0.3 is 29.9 Å². The lowest BCUT2D eigenvalue weighted by Gasteiger charge is -2.36. The van der Waals surface area contributed by atoms with E-state index in [1.54, 1.807) is 42.2 Å². The van der Waals surface area contributed by atoms with Crippen LogP contribution in [-0.4, -0.2) is 73.6 Å². The normalized spacial score (nSPS) is 20.7. The minimum atomic E-state index is -0.587. The smallest absolute Gasteiger partial charge is 0.323 e. The standard InChI is InChI=1S/C27H35FN4O5/c1-6-25(33)32-14-17(2)24(36-5)15-31(4)26(34)22-13-21(10-11-23(22)37-16-18(32)3)30-27(35)29-20-9-7-8-19(28)12-20/h7-13,17-18,24H,6,14-16H2,1-5H3,(H2,29,30,35)/t17-,18+,24-/m0/s1. The number of hydrogen-bond acceptors (Lipinski definition) is 5. The molecule has 1 heterocycles. The van der Waals surface area contributed by atoms with Gasteiger partial charge in [0.2, 0.25) is 5.91 Å². The number of methoxy groups -OCH3 is 1. The third-order valence-electron chi connectivity index (χ3n) is 6.41. The average molecular weight is 515 g/mol. The Balaban J connectivity index is 1.88. The number of anilines is 2. The lowest BCUT2D eigenvalue weighted by atomic mass is 10.0. The van der Waals surface area contributed by atoms with E-state index in [0.29, 0.717) is 36.6 Å². The van der Waals surface area contributed by atoms with Crippen LogP contribution in [0.25, 0.3) is 0 Å². The van der Waals surface area contributed by atoms with Crippen molar-refractivity contribution in [2.24, 2.45) is 5.92 Å². The first-order valence-electron chi connectivity index (χ1n) is 12.3. The van der Waals surface area contributed by atoms with E-state index in [1.165, 1.54) is 24.3 Å². The third-order valence-corrected chi connectivity index (χ3v) is 6.41. The SMILES string of the molecule is CCC(=O)N1C[C@H](C)[C@@H](OC)CN(C)C(=O)c2cc(NC(=O)Nc3cccc(F)c3)ccc2OC[C@H]1C. The monoisotopic (exact) mass is 514 g/mol. The van der Waals surface area contributed by atoms with Gasteiger partial charge in [-0.2, -0.15) is 0 Å². The van der Waals surface area contributed by atoms with Crippen molar-refractivity contribution < 1.29 is 28.2 Å². The highest BCUT2D eigenvalue weighted by Gasteiger charge is 2.30. The third kappa shape index (κ3) is 7.19. The first-order valence-corrected chi connectivity index (χ1v) is 12.3. The number of likely N-dealkylation sites (N-methyl/N-ethyl adjacent to an activating group) is 1. The molecule has 0 bridgehead atoms. The molecule has 1 aliphatic rings. The molecule has 3 rings (SSSR count). The minimum Gasteiger partial charge on any atom is -0.491 e. The summed E-state index contributed by atoms with van der Waals surface area (Å²) < 4.78 is 25.2. The predicted molar refractivity (Wildman–Crippen MR) is 139 cm³/mol. The molecule has 10 heteroatoms. The molecule has 0 saturated heterocycles. The summed E-state index contributed by atoms with van der Waals surface area (Å²) >= 11 is 0. The van der Waals surface area contributed by atoms with E-state index < -0.39 is 11.8 Å². The van der Waals surface area contributed by atoms with Crippen LogP contribution in [0.5, 0.6) is 5.75 Å². The fourth-order valence-electron chi connectivity index (χ4n) is 4.26. The number of benzene rings is 2. The van der Waals surface area contributed by atoms with Crippen LogP contribution in [0.3, 0.4) is 0 Å².